The summed E-state index contributed by atoms with van der Waals surface area (Å²) in [4.78, 5) is 0. The predicted molar refractivity (Wildman–Crippen MR) is 37.7 cm³/mol. The van der Waals surface area contributed by atoms with E-state index in [9.17, 15) is 0 Å². The number of rotatable bonds is 0. The molecule has 2 heterocycles. The van der Waals surface area contributed by atoms with Crippen molar-refractivity contribution in [1.29, 1.82) is 0 Å². The molecule has 0 N–H and O–H groups in total. The maximum atomic E-state index is 3.94. The van der Waals surface area contributed by atoms with E-state index in [-0.39, 0.29) is 21.1 Å². The first kappa shape index (κ1) is 7.96. The molecule has 0 spiro atoms. The van der Waals surface area contributed by atoms with Gasteiger partial charge < -0.3 is 10.2 Å². The fourth-order valence-electron chi connectivity index (χ4n) is 0.826. The first-order valence-electron chi connectivity index (χ1n) is 2.71. The van der Waals surface area contributed by atoms with Crippen LogP contribution in [0.25, 0.3) is 10.2 Å². The van der Waals surface area contributed by atoms with Crippen LogP contribution >= 0.6 is 11.3 Å². The number of hydrogen-bond donors (Lipinski definition) is 0. The molecule has 0 atom stereocenters. The maximum absolute atomic E-state index is 3.94. The SMILES string of the molecule is Cc1n[n-]c2ccsc12.[W]. The van der Waals surface area contributed by atoms with E-state index in [1.165, 1.54) is 4.70 Å². The molecule has 0 bridgehead atoms. The summed E-state index contributed by atoms with van der Waals surface area (Å²) >= 11 is 1.70. The Morgan fingerprint density at radius 3 is 3.10 bits per heavy atom. The van der Waals surface area contributed by atoms with E-state index < -0.39 is 0 Å². The van der Waals surface area contributed by atoms with Gasteiger partial charge in [-0.05, 0) is 12.3 Å². The van der Waals surface area contributed by atoms with Crippen LogP contribution in [0.2, 0.25) is 0 Å². The molecule has 0 aromatic carbocycles. The molecule has 0 unspecified atom stereocenters. The number of aromatic nitrogens is 2. The van der Waals surface area contributed by atoms with Crippen molar-refractivity contribution in [3.8, 4) is 0 Å². The molecule has 0 radical (unpaired) electrons. The van der Waals surface area contributed by atoms with E-state index in [2.05, 4.69) is 10.2 Å². The van der Waals surface area contributed by atoms with Gasteiger partial charge >= 0.3 is 0 Å². The zero-order chi connectivity index (χ0) is 6.27. The summed E-state index contributed by atoms with van der Waals surface area (Å²) in [6.07, 6.45) is 0. The zero-order valence-corrected chi connectivity index (χ0v) is 9.12. The molecule has 2 aromatic rings. The van der Waals surface area contributed by atoms with Crippen molar-refractivity contribution in [3.63, 3.8) is 0 Å². The number of aryl methyl sites for hydroxylation is 1. The van der Waals surface area contributed by atoms with Gasteiger partial charge in [0.05, 0.1) is 0 Å². The van der Waals surface area contributed by atoms with Crippen LogP contribution in [0.15, 0.2) is 11.4 Å². The average Bonchev–Trinajstić information content (AvgIpc) is 2.35. The van der Waals surface area contributed by atoms with Crippen molar-refractivity contribution in [1.82, 2.24) is 10.2 Å². The molecule has 0 aliphatic carbocycles. The van der Waals surface area contributed by atoms with Crippen LogP contribution in [0.1, 0.15) is 5.69 Å². The van der Waals surface area contributed by atoms with Crippen molar-refractivity contribution < 1.29 is 21.1 Å². The van der Waals surface area contributed by atoms with E-state index in [1.807, 2.05) is 18.4 Å². The molecule has 0 saturated heterocycles. The normalized spacial score (nSPS) is 9.70. The standard InChI is InChI=1S/C6H5N2S.W/c1-4-6-5(8-7-4)2-3-9-6;/h2-3H,1H3;/q-1;. The molecule has 2 nitrogen and oxygen atoms in total. The van der Waals surface area contributed by atoms with Crippen LogP contribution < -0.4 is 5.10 Å². The van der Waals surface area contributed by atoms with Gasteiger partial charge in [-0.15, -0.1) is 16.9 Å². The van der Waals surface area contributed by atoms with Gasteiger partial charge in [-0.25, -0.2) is 0 Å². The second-order valence-corrected chi connectivity index (χ2v) is 2.84. The summed E-state index contributed by atoms with van der Waals surface area (Å²) in [6, 6.07) is 1.99. The zero-order valence-electron chi connectivity index (χ0n) is 5.37. The summed E-state index contributed by atoms with van der Waals surface area (Å²) in [6.45, 7) is 1.98. The Kier molecular flexibility index (Phi) is 2.27. The average molecular weight is 321 g/mol. The van der Waals surface area contributed by atoms with Gasteiger partial charge in [0.1, 0.15) is 0 Å². The minimum Gasteiger partial charge on any atom is -0.574 e. The maximum Gasteiger partial charge on any atom is 0.0327 e. The van der Waals surface area contributed by atoms with Crippen LogP contribution in [0.5, 0.6) is 0 Å². The third-order valence-electron chi connectivity index (χ3n) is 1.28. The molecule has 0 fully saturated rings. The molecule has 2 aromatic heterocycles. The van der Waals surface area contributed by atoms with Crippen LogP contribution in [0, 0.1) is 6.92 Å². The largest absolute Gasteiger partial charge is 0.574 e. The van der Waals surface area contributed by atoms with Gasteiger partial charge in [-0.3, -0.25) is 0 Å². The monoisotopic (exact) mass is 321 g/mol. The van der Waals surface area contributed by atoms with Crippen LogP contribution in [-0.4, -0.2) is 5.10 Å². The van der Waals surface area contributed by atoms with Crippen molar-refractivity contribution >= 4 is 21.6 Å². The van der Waals surface area contributed by atoms with E-state index >= 15 is 0 Å². The first-order chi connectivity index (χ1) is 4.38. The summed E-state index contributed by atoms with van der Waals surface area (Å²) in [5, 5.41) is 9.89. The van der Waals surface area contributed by atoms with Crippen LogP contribution in [0.3, 0.4) is 0 Å². The molecule has 0 aliphatic rings. The Morgan fingerprint density at radius 1 is 1.60 bits per heavy atom. The Hall–Kier alpha value is -0.142. The van der Waals surface area contributed by atoms with Crippen LogP contribution in [-0.2, 0) is 21.1 Å². The molecular weight excluding hydrogens is 316 g/mol. The Morgan fingerprint density at radius 2 is 2.40 bits per heavy atom. The quantitative estimate of drug-likeness (QED) is 0.736. The van der Waals surface area contributed by atoms with Gasteiger partial charge in [0.15, 0.2) is 0 Å². The number of thiophene rings is 1. The Balaban J connectivity index is 0.000000500. The molecule has 4 heteroatoms. The van der Waals surface area contributed by atoms with E-state index in [0.717, 1.165) is 11.2 Å². The van der Waals surface area contributed by atoms with E-state index in [4.69, 9.17) is 0 Å². The molecule has 10 heavy (non-hydrogen) atoms. The van der Waals surface area contributed by atoms with Gasteiger partial charge in [0, 0.05) is 31.5 Å². The van der Waals surface area contributed by atoms with Gasteiger partial charge in [0.2, 0.25) is 0 Å². The Bertz CT molecular complexity index is 325. The molecule has 0 saturated carbocycles. The van der Waals surface area contributed by atoms with Crippen molar-refractivity contribution in [2.75, 3.05) is 0 Å². The minimum absolute atomic E-state index is 0. The summed E-state index contributed by atoms with van der Waals surface area (Å²) in [7, 11) is 0. The van der Waals surface area contributed by atoms with E-state index in [1.54, 1.807) is 11.3 Å². The molecule has 0 aliphatic heterocycles. The van der Waals surface area contributed by atoms with Crippen molar-refractivity contribution in [2.24, 2.45) is 0 Å². The van der Waals surface area contributed by atoms with E-state index in [0.29, 0.717) is 0 Å². The molecule has 0 amide bonds. The third kappa shape index (κ3) is 1.04. The smallest absolute Gasteiger partial charge is 0.0327 e. The number of fused-ring (bicyclic) bond motifs is 1. The summed E-state index contributed by atoms with van der Waals surface area (Å²) in [5.74, 6) is 0. The summed E-state index contributed by atoms with van der Waals surface area (Å²) in [5.41, 5.74) is 2.07. The predicted octanol–water partition coefficient (Wildman–Crippen LogP) is 1.56. The topological polar surface area (TPSA) is 27.0 Å². The summed E-state index contributed by atoms with van der Waals surface area (Å²) < 4.78 is 1.22. The van der Waals surface area contributed by atoms with Gasteiger partial charge in [-0.2, -0.15) is 0 Å². The molecule has 2 rings (SSSR count). The second kappa shape index (κ2) is 2.85. The first-order valence-corrected chi connectivity index (χ1v) is 3.59. The Labute approximate surface area is 76.9 Å². The minimum atomic E-state index is 0. The fraction of sp³-hybridized carbons (Fsp3) is 0.167. The second-order valence-electron chi connectivity index (χ2n) is 1.92. The molecular formula is C6H5N2SW-. The van der Waals surface area contributed by atoms with Crippen molar-refractivity contribution in [2.45, 2.75) is 6.92 Å². The van der Waals surface area contributed by atoms with Gasteiger partial charge in [0.25, 0.3) is 0 Å². The number of hydrogen-bond acceptors (Lipinski definition) is 2. The number of nitrogens with zero attached hydrogens (tertiary/aromatic N) is 2. The van der Waals surface area contributed by atoms with Crippen molar-refractivity contribution in [3.05, 3.63) is 17.1 Å². The van der Waals surface area contributed by atoms with Crippen LogP contribution in [0.4, 0.5) is 0 Å². The fourth-order valence-corrected chi connectivity index (χ4v) is 1.60. The third-order valence-corrected chi connectivity index (χ3v) is 2.29. The molecule has 52 valence electrons. The van der Waals surface area contributed by atoms with Gasteiger partial charge in [-0.1, -0.05) is 6.07 Å².